The van der Waals surface area contributed by atoms with E-state index in [1.165, 1.54) is 41.3 Å². The van der Waals surface area contributed by atoms with Crippen LogP contribution in [0.5, 0.6) is 0 Å². The molecule has 0 radical (unpaired) electrons. The van der Waals surface area contributed by atoms with Crippen molar-refractivity contribution in [3.63, 3.8) is 0 Å². The molecular formula is C34H44N2O4S3Si. The van der Waals surface area contributed by atoms with Gasteiger partial charge in [-0.05, 0) is 84.7 Å². The minimum absolute atomic E-state index is 0.0156. The quantitative estimate of drug-likeness (QED) is 0.117. The van der Waals surface area contributed by atoms with Crippen molar-refractivity contribution in [2.75, 3.05) is 32.5 Å². The minimum atomic E-state index is -2.05. The number of hydrazine groups is 1. The lowest BCUT2D eigenvalue weighted by atomic mass is 10.0. The Morgan fingerprint density at radius 2 is 1.86 bits per heavy atom. The topological polar surface area (TPSA) is 59.1 Å². The highest BCUT2D eigenvalue weighted by atomic mass is 32.2. The maximum atomic E-state index is 13.0. The maximum absolute atomic E-state index is 13.0. The second kappa shape index (κ2) is 15.3. The number of carbonyl (C=O) groups excluding carboxylic acids is 2. The Morgan fingerprint density at radius 3 is 2.57 bits per heavy atom. The van der Waals surface area contributed by atoms with E-state index in [0.29, 0.717) is 17.8 Å². The van der Waals surface area contributed by atoms with Crippen molar-refractivity contribution < 1.29 is 18.8 Å². The SMILES string of the molecule is COC(=O)c1ccc(CCN2C(=O)SCCN2CCC(Cc2cc(C)cc(C#Cc3ccsc3)c2)O[Si](C)(C)C(C)(C)C)s1. The van der Waals surface area contributed by atoms with Crippen LogP contribution in [-0.2, 0) is 22.0 Å². The average molecular weight is 669 g/mol. The molecular weight excluding hydrogens is 625 g/mol. The third-order valence-corrected chi connectivity index (χ3v) is 15.4. The number of aryl methyl sites for hydroxylation is 1. The molecule has 0 spiro atoms. The van der Waals surface area contributed by atoms with Gasteiger partial charge in [0.15, 0.2) is 8.32 Å². The first kappa shape index (κ1) is 34.5. The summed E-state index contributed by atoms with van der Waals surface area (Å²) >= 11 is 4.46. The van der Waals surface area contributed by atoms with Gasteiger partial charge in [-0.3, -0.25) is 9.80 Å². The van der Waals surface area contributed by atoms with Gasteiger partial charge in [-0.25, -0.2) is 9.80 Å². The van der Waals surface area contributed by atoms with Crippen LogP contribution in [0.15, 0.2) is 47.2 Å². The summed E-state index contributed by atoms with van der Waals surface area (Å²) < 4.78 is 11.9. The predicted octanol–water partition coefficient (Wildman–Crippen LogP) is 8.26. The van der Waals surface area contributed by atoms with E-state index in [4.69, 9.17) is 9.16 Å². The van der Waals surface area contributed by atoms with E-state index >= 15 is 0 Å². The molecule has 1 fully saturated rings. The van der Waals surface area contributed by atoms with Gasteiger partial charge in [0.05, 0.1) is 13.2 Å². The molecule has 1 atom stereocenters. The van der Waals surface area contributed by atoms with Crippen LogP contribution in [0.25, 0.3) is 0 Å². The molecule has 3 aromatic rings. The molecule has 4 rings (SSSR count). The molecule has 44 heavy (non-hydrogen) atoms. The number of hydrogen-bond donors (Lipinski definition) is 0. The van der Waals surface area contributed by atoms with Crippen molar-refractivity contribution in [2.24, 2.45) is 0 Å². The smallest absolute Gasteiger partial charge is 0.348 e. The number of benzene rings is 1. The predicted molar refractivity (Wildman–Crippen MR) is 187 cm³/mol. The summed E-state index contributed by atoms with van der Waals surface area (Å²) in [7, 11) is -0.661. The molecule has 1 aromatic carbocycles. The van der Waals surface area contributed by atoms with E-state index in [9.17, 15) is 9.59 Å². The summed E-state index contributed by atoms with van der Waals surface area (Å²) in [5.74, 6) is 7.09. The highest BCUT2D eigenvalue weighted by molar-refractivity contribution is 8.13. The van der Waals surface area contributed by atoms with Crippen LogP contribution in [0, 0.1) is 18.8 Å². The normalized spacial score (nSPS) is 15.2. The fraction of sp³-hybridized carbons (Fsp3) is 0.471. The van der Waals surface area contributed by atoms with Crippen molar-refractivity contribution in [2.45, 2.75) is 71.2 Å². The molecule has 1 saturated heterocycles. The lowest BCUT2D eigenvalue weighted by molar-refractivity contribution is 0.0161. The summed E-state index contributed by atoms with van der Waals surface area (Å²) in [6.07, 6.45) is 2.31. The third-order valence-electron chi connectivity index (χ3n) is 8.19. The van der Waals surface area contributed by atoms with Crippen LogP contribution in [-0.4, -0.2) is 68.1 Å². The number of rotatable bonds is 11. The van der Waals surface area contributed by atoms with Gasteiger partial charge in [0.2, 0.25) is 0 Å². The number of amides is 1. The maximum Gasteiger partial charge on any atom is 0.348 e. The lowest BCUT2D eigenvalue weighted by Gasteiger charge is -2.41. The highest BCUT2D eigenvalue weighted by Gasteiger charge is 2.39. The van der Waals surface area contributed by atoms with Gasteiger partial charge in [-0.1, -0.05) is 50.4 Å². The molecule has 1 amide bonds. The standard InChI is InChI=1S/C34H44N2O4S3Si/c1-25-20-27(9-8-26-14-18-41-24-26)22-28(21-25)23-29(40-44(6,7)34(2,3)4)12-15-35-17-19-42-33(38)36(35)16-13-30-10-11-31(43-30)32(37)39-5/h10-11,14,18,20-22,24,29H,12-13,15-17,19,23H2,1-7H3. The van der Waals surface area contributed by atoms with Gasteiger partial charge in [0, 0.05) is 53.2 Å². The van der Waals surface area contributed by atoms with Crippen LogP contribution < -0.4 is 0 Å². The number of thioether (sulfide) groups is 1. The van der Waals surface area contributed by atoms with E-state index in [1.54, 1.807) is 17.4 Å². The molecule has 3 heterocycles. The van der Waals surface area contributed by atoms with E-state index in [1.807, 2.05) is 22.5 Å². The number of hydrogen-bond acceptors (Lipinski definition) is 8. The summed E-state index contributed by atoms with van der Waals surface area (Å²) in [4.78, 5) is 26.6. The van der Waals surface area contributed by atoms with Crippen LogP contribution in [0.1, 0.15) is 64.0 Å². The Kier molecular flexibility index (Phi) is 12.0. The molecule has 0 N–H and O–H groups in total. The Hall–Kier alpha value is -2.39. The van der Waals surface area contributed by atoms with E-state index in [2.05, 4.69) is 81.2 Å². The van der Waals surface area contributed by atoms with Gasteiger partial charge in [-0.15, -0.1) is 11.3 Å². The van der Waals surface area contributed by atoms with E-state index in [0.717, 1.165) is 47.7 Å². The summed E-state index contributed by atoms with van der Waals surface area (Å²) in [6, 6.07) is 12.4. The number of thiophene rings is 2. The van der Waals surface area contributed by atoms with Gasteiger partial charge < -0.3 is 9.16 Å². The zero-order valence-electron chi connectivity index (χ0n) is 26.9. The number of esters is 1. The summed E-state index contributed by atoms with van der Waals surface area (Å²) in [5.41, 5.74) is 4.48. The Balaban J connectivity index is 1.49. The number of methoxy groups -OCH3 is 1. The first-order valence-corrected chi connectivity index (χ1v) is 20.7. The molecule has 1 aliphatic rings. The fourth-order valence-electron chi connectivity index (χ4n) is 4.84. The second-order valence-corrected chi connectivity index (χ2v) is 20.4. The van der Waals surface area contributed by atoms with Crippen LogP contribution in [0.3, 0.4) is 0 Å². The molecule has 0 saturated carbocycles. The van der Waals surface area contributed by atoms with Crippen LogP contribution >= 0.6 is 34.4 Å². The van der Waals surface area contributed by atoms with E-state index in [-0.39, 0.29) is 22.4 Å². The zero-order chi connectivity index (χ0) is 31.9. The molecule has 0 bridgehead atoms. The molecule has 2 aromatic heterocycles. The third kappa shape index (κ3) is 9.55. The van der Waals surface area contributed by atoms with Crippen molar-refractivity contribution in [1.82, 2.24) is 10.0 Å². The van der Waals surface area contributed by atoms with Gasteiger partial charge >= 0.3 is 5.97 Å². The van der Waals surface area contributed by atoms with Crippen molar-refractivity contribution in [3.05, 3.63) is 79.2 Å². The highest BCUT2D eigenvalue weighted by Crippen LogP contribution is 2.38. The molecule has 10 heteroatoms. The molecule has 0 aliphatic carbocycles. The van der Waals surface area contributed by atoms with Gasteiger partial charge in [-0.2, -0.15) is 11.3 Å². The average Bonchev–Trinajstić information content (AvgIpc) is 3.65. The number of nitrogens with zero attached hydrogens (tertiary/aromatic N) is 2. The summed E-state index contributed by atoms with van der Waals surface area (Å²) in [5, 5.41) is 8.37. The van der Waals surface area contributed by atoms with Crippen molar-refractivity contribution in [1.29, 1.82) is 0 Å². The number of ether oxygens (including phenoxy) is 1. The Labute approximate surface area is 276 Å². The fourth-order valence-corrected chi connectivity index (χ4v) is 8.56. The second-order valence-electron chi connectivity index (χ2n) is 12.7. The van der Waals surface area contributed by atoms with Gasteiger partial charge in [0.25, 0.3) is 5.24 Å². The zero-order valence-corrected chi connectivity index (χ0v) is 30.3. The minimum Gasteiger partial charge on any atom is -0.465 e. The first-order chi connectivity index (χ1) is 20.8. The first-order valence-electron chi connectivity index (χ1n) is 15.0. The van der Waals surface area contributed by atoms with Crippen molar-refractivity contribution in [3.8, 4) is 11.8 Å². The van der Waals surface area contributed by atoms with E-state index < -0.39 is 8.32 Å². The van der Waals surface area contributed by atoms with Crippen LogP contribution in [0.4, 0.5) is 4.79 Å². The van der Waals surface area contributed by atoms with Crippen molar-refractivity contribution >= 4 is 54.0 Å². The monoisotopic (exact) mass is 668 g/mol. The molecule has 6 nitrogen and oxygen atoms in total. The van der Waals surface area contributed by atoms with Gasteiger partial charge in [0.1, 0.15) is 4.88 Å². The largest absolute Gasteiger partial charge is 0.465 e. The molecule has 1 unspecified atom stereocenters. The Bertz CT molecular complexity index is 1480. The van der Waals surface area contributed by atoms with Crippen LogP contribution in [0.2, 0.25) is 18.1 Å². The molecule has 1 aliphatic heterocycles. The molecule has 236 valence electrons. The Morgan fingerprint density at radius 1 is 1.09 bits per heavy atom. The summed E-state index contributed by atoms with van der Waals surface area (Å²) in [6.45, 7) is 15.7. The number of carbonyl (C=O) groups is 2. The lowest BCUT2D eigenvalue weighted by Crippen LogP contribution is -2.51.